The lowest BCUT2D eigenvalue weighted by Gasteiger charge is -2.40. The number of hydrogen-bond donors (Lipinski definition) is 0. The van der Waals surface area contributed by atoms with Crippen molar-refractivity contribution in [3.05, 3.63) is 170 Å². The fourth-order valence-electron chi connectivity index (χ4n) is 7.90. The third-order valence-electron chi connectivity index (χ3n) is 10.2. The summed E-state index contributed by atoms with van der Waals surface area (Å²) >= 11 is 0. The van der Waals surface area contributed by atoms with Gasteiger partial charge in [0.05, 0.1) is 5.56 Å². The van der Waals surface area contributed by atoms with Crippen LogP contribution in [0.1, 0.15) is 64.5 Å². The van der Waals surface area contributed by atoms with E-state index in [-0.39, 0.29) is 24.7 Å². The van der Waals surface area contributed by atoms with Crippen molar-refractivity contribution in [1.82, 2.24) is 0 Å². The van der Waals surface area contributed by atoms with Crippen molar-refractivity contribution in [3.63, 3.8) is 0 Å². The van der Waals surface area contributed by atoms with Gasteiger partial charge in [-0.3, -0.25) is 0 Å². The first kappa shape index (κ1) is 30.5. The lowest BCUT2D eigenvalue weighted by molar-refractivity contribution is -0.137. The van der Waals surface area contributed by atoms with Crippen LogP contribution in [0.2, 0.25) is 0 Å². The Morgan fingerprint density at radius 2 is 1.33 bits per heavy atom. The van der Waals surface area contributed by atoms with E-state index in [1.807, 2.05) is 66.7 Å². The number of fused-ring (bicyclic) bond motifs is 4. The zero-order valence-electron chi connectivity index (χ0n) is 25.7. The van der Waals surface area contributed by atoms with Crippen LogP contribution >= 0.6 is 0 Å². The Kier molecular flexibility index (Phi) is 7.24. The van der Waals surface area contributed by atoms with E-state index in [0.717, 1.165) is 40.5 Å². The number of hydrogen-bond acceptors (Lipinski definition) is 0. The van der Waals surface area contributed by atoms with Gasteiger partial charge < -0.3 is 0 Å². The maximum Gasteiger partial charge on any atom is 0.416 e. The SMILES string of the molecule is FC(F)(F)C1=CC2=C(c3ccc4ccccc4c3)c3cc(C(F)(F)F)ccc3C(c3ccc(C4C=c5ccccc5=CC4)cc3)C2CC1. The van der Waals surface area contributed by atoms with Gasteiger partial charge in [-0.2, -0.15) is 26.3 Å². The molecule has 0 bridgehead atoms. The fourth-order valence-corrected chi connectivity index (χ4v) is 7.90. The molecule has 0 spiro atoms. The smallest absolute Gasteiger partial charge is 0.166 e. The quantitative estimate of drug-likeness (QED) is 0.171. The largest absolute Gasteiger partial charge is 0.416 e. The van der Waals surface area contributed by atoms with Crippen molar-refractivity contribution in [1.29, 1.82) is 0 Å². The third kappa shape index (κ3) is 5.37. The molecule has 0 heterocycles. The molecule has 0 saturated carbocycles. The van der Waals surface area contributed by atoms with E-state index in [4.69, 9.17) is 0 Å². The minimum atomic E-state index is -4.62. The first-order valence-corrected chi connectivity index (χ1v) is 16.1. The second kappa shape index (κ2) is 11.4. The zero-order valence-corrected chi connectivity index (χ0v) is 25.7. The fraction of sp³-hybridized carbons (Fsp3) is 0.190. The minimum absolute atomic E-state index is 0.153. The summed E-state index contributed by atoms with van der Waals surface area (Å²) in [6.45, 7) is 0. The van der Waals surface area contributed by atoms with Gasteiger partial charge in [0.15, 0.2) is 0 Å². The maximum atomic E-state index is 14.2. The molecule has 8 rings (SSSR count). The molecule has 0 nitrogen and oxygen atoms in total. The minimum Gasteiger partial charge on any atom is -0.166 e. The number of rotatable bonds is 3. The molecule has 240 valence electrons. The highest BCUT2D eigenvalue weighted by molar-refractivity contribution is 5.93. The summed E-state index contributed by atoms with van der Waals surface area (Å²) in [5, 5.41) is 4.17. The van der Waals surface area contributed by atoms with E-state index >= 15 is 0 Å². The Balaban J connectivity index is 1.31. The average Bonchev–Trinajstić information content (AvgIpc) is 3.09. The molecule has 3 aliphatic carbocycles. The molecule has 3 unspecified atom stereocenters. The van der Waals surface area contributed by atoms with Crippen LogP contribution in [0, 0.1) is 5.92 Å². The summed E-state index contributed by atoms with van der Waals surface area (Å²) in [6.07, 6.45) is -2.54. The van der Waals surface area contributed by atoms with Crippen molar-refractivity contribution in [2.75, 3.05) is 0 Å². The molecule has 48 heavy (non-hydrogen) atoms. The number of alkyl halides is 6. The van der Waals surface area contributed by atoms with E-state index in [2.05, 4.69) is 36.4 Å². The number of halogens is 6. The Morgan fingerprint density at radius 1 is 0.625 bits per heavy atom. The van der Waals surface area contributed by atoms with Gasteiger partial charge in [0.25, 0.3) is 0 Å². The van der Waals surface area contributed by atoms with Gasteiger partial charge in [0.1, 0.15) is 0 Å². The normalized spacial score (nSPS) is 20.6. The highest BCUT2D eigenvalue weighted by Crippen LogP contribution is 2.54. The van der Waals surface area contributed by atoms with E-state index in [0.29, 0.717) is 27.8 Å². The lowest BCUT2D eigenvalue weighted by Crippen LogP contribution is -2.28. The molecule has 6 heteroatoms. The lowest BCUT2D eigenvalue weighted by atomic mass is 9.63. The van der Waals surface area contributed by atoms with Crippen molar-refractivity contribution in [2.45, 2.75) is 43.5 Å². The summed E-state index contributed by atoms with van der Waals surface area (Å²) in [4.78, 5) is 0. The molecule has 0 aliphatic heterocycles. The van der Waals surface area contributed by atoms with Crippen LogP contribution in [0.4, 0.5) is 26.3 Å². The summed E-state index contributed by atoms with van der Waals surface area (Å²) in [6, 6.07) is 33.3. The second-order valence-corrected chi connectivity index (χ2v) is 13.0. The van der Waals surface area contributed by atoms with Crippen LogP contribution < -0.4 is 10.4 Å². The predicted molar refractivity (Wildman–Crippen MR) is 179 cm³/mol. The van der Waals surface area contributed by atoms with Gasteiger partial charge in [0, 0.05) is 17.4 Å². The van der Waals surface area contributed by atoms with Gasteiger partial charge in [-0.05, 0) is 110 Å². The highest BCUT2D eigenvalue weighted by Gasteiger charge is 2.43. The number of allylic oxidation sites excluding steroid dienone is 3. The van der Waals surface area contributed by atoms with Crippen LogP contribution in [-0.4, -0.2) is 6.18 Å². The maximum absolute atomic E-state index is 14.2. The molecule has 5 aromatic carbocycles. The van der Waals surface area contributed by atoms with E-state index in [9.17, 15) is 26.3 Å². The highest BCUT2D eigenvalue weighted by atomic mass is 19.4. The van der Waals surface area contributed by atoms with Crippen LogP contribution in [0.3, 0.4) is 0 Å². The van der Waals surface area contributed by atoms with Gasteiger partial charge in [-0.15, -0.1) is 0 Å². The Bertz CT molecular complexity index is 2250. The van der Waals surface area contributed by atoms with Crippen molar-refractivity contribution in [3.8, 4) is 0 Å². The van der Waals surface area contributed by atoms with E-state index < -0.39 is 29.4 Å². The standard InChI is InChI=1S/C42H30F6/c43-41(44,45)33-17-19-35-37(23-33)40(32-16-12-26-6-2-4-8-30(26)22-32)38-24-34(42(46,47)48)18-20-36(38)39(35)28-13-9-27(10-14-28)31-15-11-25-5-1-3-7-29(25)21-31/h1-14,16-17,19,21-24,31,36,39H,15,18,20H2. The van der Waals surface area contributed by atoms with Gasteiger partial charge in [-0.1, -0.05) is 103 Å². The van der Waals surface area contributed by atoms with Crippen molar-refractivity contribution in [2.24, 2.45) is 5.92 Å². The second-order valence-electron chi connectivity index (χ2n) is 13.0. The third-order valence-corrected chi connectivity index (χ3v) is 10.2. The topological polar surface area (TPSA) is 0 Å². The molecule has 3 aliphatic rings. The van der Waals surface area contributed by atoms with Crippen molar-refractivity contribution >= 4 is 28.5 Å². The van der Waals surface area contributed by atoms with E-state index in [1.54, 1.807) is 6.07 Å². The van der Waals surface area contributed by atoms with Gasteiger partial charge in [0.2, 0.25) is 0 Å². The van der Waals surface area contributed by atoms with Crippen molar-refractivity contribution < 1.29 is 26.3 Å². The summed E-state index contributed by atoms with van der Waals surface area (Å²) in [7, 11) is 0. The van der Waals surface area contributed by atoms with Gasteiger partial charge >= 0.3 is 12.4 Å². The van der Waals surface area contributed by atoms with Crippen LogP contribution in [0.5, 0.6) is 0 Å². The molecular weight excluding hydrogens is 618 g/mol. The number of benzene rings is 5. The molecule has 0 aromatic heterocycles. The van der Waals surface area contributed by atoms with Crippen LogP contribution in [-0.2, 0) is 6.18 Å². The molecule has 0 saturated heterocycles. The molecule has 0 fully saturated rings. The monoisotopic (exact) mass is 648 g/mol. The molecular formula is C42H30F6. The first-order chi connectivity index (χ1) is 23.0. The van der Waals surface area contributed by atoms with Gasteiger partial charge in [-0.25, -0.2) is 0 Å². The Morgan fingerprint density at radius 3 is 2.08 bits per heavy atom. The predicted octanol–water partition coefficient (Wildman–Crippen LogP) is 10.5. The Hall–Kier alpha value is -4.84. The molecule has 0 amide bonds. The van der Waals surface area contributed by atoms with Crippen LogP contribution in [0.25, 0.3) is 28.5 Å². The average molecular weight is 649 g/mol. The van der Waals surface area contributed by atoms with Crippen LogP contribution in [0.15, 0.2) is 126 Å². The summed E-state index contributed by atoms with van der Waals surface area (Å²) in [5.41, 5.74) is 3.02. The summed E-state index contributed by atoms with van der Waals surface area (Å²) in [5.74, 6) is -0.595. The zero-order chi connectivity index (χ0) is 33.2. The Labute approximate surface area is 274 Å². The molecule has 0 N–H and O–H groups in total. The molecule has 5 aromatic rings. The van der Waals surface area contributed by atoms with E-state index in [1.165, 1.54) is 16.5 Å². The first-order valence-electron chi connectivity index (χ1n) is 16.1. The molecule has 0 radical (unpaired) electrons. The molecule has 3 atom stereocenters. The summed E-state index contributed by atoms with van der Waals surface area (Å²) < 4.78 is 85.3.